The second-order valence-electron chi connectivity index (χ2n) is 5.29. The third-order valence-electron chi connectivity index (χ3n) is 3.31. The molecule has 8 heteroatoms. The van der Waals surface area contributed by atoms with Crippen LogP contribution in [0, 0.1) is 17.5 Å². The summed E-state index contributed by atoms with van der Waals surface area (Å²) in [6, 6.07) is 1.66. The Morgan fingerprint density at radius 2 is 1.88 bits per heavy atom. The molecule has 0 aromatic heterocycles. The van der Waals surface area contributed by atoms with Crippen molar-refractivity contribution >= 4 is 17.5 Å². The molecule has 5 nitrogen and oxygen atoms in total. The Balaban J connectivity index is 2.68. The first-order chi connectivity index (χ1) is 11.4. The van der Waals surface area contributed by atoms with Gasteiger partial charge in [0.05, 0.1) is 12.2 Å². The van der Waals surface area contributed by atoms with Gasteiger partial charge in [0, 0.05) is 13.0 Å². The molecule has 2 amide bonds. The van der Waals surface area contributed by atoms with Crippen molar-refractivity contribution in [3.63, 3.8) is 0 Å². The van der Waals surface area contributed by atoms with Crippen molar-refractivity contribution in [2.24, 2.45) is 0 Å². The van der Waals surface area contributed by atoms with E-state index >= 15 is 0 Å². The molecule has 0 unspecified atom stereocenters. The Morgan fingerprint density at radius 3 is 2.50 bits per heavy atom. The largest absolute Gasteiger partial charge is 0.333 e. The summed E-state index contributed by atoms with van der Waals surface area (Å²) in [5.41, 5.74) is -0.460. The van der Waals surface area contributed by atoms with E-state index < -0.39 is 29.0 Å². The van der Waals surface area contributed by atoms with E-state index in [1.165, 1.54) is 4.90 Å². The molecule has 0 heterocycles. The zero-order valence-corrected chi connectivity index (χ0v) is 13.8. The zero-order chi connectivity index (χ0) is 18.1. The number of amides is 2. The van der Waals surface area contributed by atoms with Crippen molar-refractivity contribution in [2.75, 3.05) is 32.0 Å². The summed E-state index contributed by atoms with van der Waals surface area (Å²) in [6.45, 7) is 2.65. The summed E-state index contributed by atoms with van der Waals surface area (Å²) < 4.78 is 39.6. The van der Waals surface area contributed by atoms with Gasteiger partial charge in [-0.2, -0.15) is 0 Å². The molecule has 24 heavy (non-hydrogen) atoms. The Kier molecular flexibility index (Phi) is 8.25. The molecule has 0 bridgehead atoms. The molecular formula is C16H22F3N3O2. The molecule has 0 fully saturated rings. The summed E-state index contributed by atoms with van der Waals surface area (Å²) in [7, 11) is 1.78. The van der Waals surface area contributed by atoms with Gasteiger partial charge in [-0.15, -0.1) is 0 Å². The number of halogens is 3. The summed E-state index contributed by atoms with van der Waals surface area (Å²) >= 11 is 0. The Hall–Kier alpha value is -2.09. The van der Waals surface area contributed by atoms with Crippen molar-refractivity contribution in [2.45, 2.75) is 26.2 Å². The molecule has 0 aliphatic heterocycles. The maximum absolute atomic E-state index is 13.6. The molecule has 0 saturated carbocycles. The molecule has 134 valence electrons. The molecule has 0 spiro atoms. The molecule has 0 saturated heterocycles. The topological polar surface area (TPSA) is 61.4 Å². The number of nitrogens with one attached hydrogen (secondary N) is 2. The van der Waals surface area contributed by atoms with Crippen LogP contribution in [0.5, 0.6) is 0 Å². The highest BCUT2D eigenvalue weighted by Crippen LogP contribution is 2.19. The van der Waals surface area contributed by atoms with Crippen LogP contribution in [0.4, 0.5) is 18.9 Å². The first-order valence-electron chi connectivity index (χ1n) is 7.76. The van der Waals surface area contributed by atoms with Gasteiger partial charge in [-0.1, -0.05) is 6.92 Å². The Labute approximate surface area is 139 Å². The molecular weight excluding hydrogens is 323 g/mol. The van der Waals surface area contributed by atoms with E-state index in [2.05, 4.69) is 10.6 Å². The van der Waals surface area contributed by atoms with Crippen LogP contribution in [-0.2, 0) is 9.59 Å². The van der Waals surface area contributed by atoms with E-state index in [0.29, 0.717) is 25.9 Å². The fourth-order valence-corrected chi connectivity index (χ4v) is 2.12. The van der Waals surface area contributed by atoms with E-state index in [-0.39, 0.29) is 18.9 Å². The fourth-order valence-electron chi connectivity index (χ4n) is 2.12. The highest BCUT2D eigenvalue weighted by molar-refractivity contribution is 5.94. The standard InChI is InChI=1S/C16H22F3N3O2/c1-3-9-22(14(24)5-4-8-20-2)10-13(23)21-12-7-6-11(17)15(18)16(12)19/h6-7,20H,3-5,8-10H2,1-2H3,(H,21,23). The van der Waals surface area contributed by atoms with Crippen molar-refractivity contribution in [3.8, 4) is 0 Å². The number of hydrogen-bond donors (Lipinski definition) is 2. The number of anilines is 1. The average Bonchev–Trinajstić information content (AvgIpc) is 2.55. The Bertz CT molecular complexity index is 582. The number of rotatable bonds is 9. The Morgan fingerprint density at radius 1 is 1.17 bits per heavy atom. The van der Waals surface area contributed by atoms with Crippen LogP contribution < -0.4 is 10.6 Å². The molecule has 0 aliphatic carbocycles. The number of carbonyl (C=O) groups excluding carboxylic acids is 2. The number of nitrogens with zero attached hydrogens (tertiary/aromatic N) is 1. The summed E-state index contributed by atoms with van der Waals surface area (Å²) in [4.78, 5) is 25.4. The summed E-state index contributed by atoms with van der Waals surface area (Å²) in [6.07, 6.45) is 1.58. The highest BCUT2D eigenvalue weighted by atomic mass is 19.2. The van der Waals surface area contributed by atoms with Crippen molar-refractivity contribution in [3.05, 3.63) is 29.6 Å². The lowest BCUT2D eigenvalue weighted by Crippen LogP contribution is -2.38. The average molecular weight is 345 g/mol. The second-order valence-corrected chi connectivity index (χ2v) is 5.29. The predicted molar refractivity (Wildman–Crippen MR) is 85.0 cm³/mol. The lowest BCUT2D eigenvalue weighted by molar-refractivity contribution is -0.134. The lowest BCUT2D eigenvalue weighted by atomic mass is 10.2. The van der Waals surface area contributed by atoms with Crippen LogP contribution in [0.25, 0.3) is 0 Å². The SMILES string of the molecule is CCCN(CC(=O)Nc1ccc(F)c(F)c1F)C(=O)CCCNC. The maximum atomic E-state index is 13.6. The van der Waals surface area contributed by atoms with Crippen LogP contribution in [0.2, 0.25) is 0 Å². The van der Waals surface area contributed by atoms with E-state index in [9.17, 15) is 22.8 Å². The first kappa shape index (κ1) is 20.0. The number of carbonyl (C=O) groups is 2. The minimum atomic E-state index is -1.65. The molecule has 1 rings (SSSR count). The maximum Gasteiger partial charge on any atom is 0.244 e. The van der Waals surface area contributed by atoms with Crippen molar-refractivity contribution in [1.29, 1.82) is 0 Å². The van der Waals surface area contributed by atoms with Gasteiger partial charge in [0.1, 0.15) is 0 Å². The van der Waals surface area contributed by atoms with Crippen LogP contribution >= 0.6 is 0 Å². The molecule has 1 aromatic rings. The molecule has 2 N–H and O–H groups in total. The smallest absolute Gasteiger partial charge is 0.244 e. The van der Waals surface area contributed by atoms with Crippen LogP contribution in [0.15, 0.2) is 12.1 Å². The summed E-state index contributed by atoms with van der Waals surface area (Å²) in [5.74, 6) is -5.31. The molecule has 0 radical (unpaired) electrons. The van der Waals surface area contributed by atoms with Crippen LogP contribution in [0.3, 0.4) is 0 Å². The van der Waals surface area contributed by atoms with Gasteiger partial charge in [0.25, 0.3) is 0 Å². The molecule has 0 atom stereocenters. The minimum Gasteiger partial charge on any atom is -0.333 e. The van der Waals surface area contributed by atoms with Gasteiger partial charge >= 0.3 is 0 Å². The monoisotopic (exact) mass is 345 g/mol. The number of benzene rings is 1. The second kappa shape index (κ2) is 9.92. The van der Waals surface area contributed by atoms with Gasteiger partial charge in [-0.25, -0.2) is 13.2 Å². The van der Waals surface area contributed by atoms with E-state index in [1.54, 1.807) is 7.05 Å². The predicted octanol–water partition coefficient (Wildman–Crippen LogP) is 2.28. The third-order valence-corrected chi connectivity index (χ3v) is 3.31. The first-order valence-corrected chi connectivity index (χ1v) is 7.76. The van der Waals surface area contributed by atoms with Crippen LogP contribution in [0.1, 0.15) is 26.2 Å². The van der Waals surface area contributed by atoms with Gasteiger partial charge in [-0.05, 0) is 38.6 Å². The molecule has 0 aliphatic rings. The quantitative estimate of drug-likeness (QED) is 0.533. The van der Waals surface area contributed by atoms with Gasteiger partial charge in [0.2, 0.25) is 11.8 Å². The van der Waals surface area contributed by atoms with Gasteiger partial charge < -0.3 is 15.5 Å². The minimum absolute atomic E-state index is 0.187. The summed E-state index contributed by atoms with van der Waals surface area (Å²) in [5, 5.41) is 5.09. The number of hydrogen-bond acceptors (Lipinski definition) is 3. The lowest BCUT2D eigenvalue weighted by Gasteiger charge is -2.21. The van der Waals surface area contributed by atoms with E-state index in [1.807, 2.05) is 6.92 Å². The normalized spacial score (nSPS) is 10.5. The fraction of sp³-hybridized carbons (Fsp3) is 0.500. The third kappa shape index (κ3) is 5.84. The van der Waals surface area contributed by atoms with E-state index in [0.717, 1.165) is 12.1 Å². The highest BCUT2D eigenvalue weighted by Gasteiger charge is 2.19. The van der Waals surface area contributed by atoms with Crippen molar-refractivity contribution in [1.82, 2.24) is 10.2 Å². The van der Waals surface area contributed by atoms with Crippen LogP contribution in [-0.4, -0.2) is 43.4 Å². The van der Waals surface area contributed by atoms with Gasteiger partial charge in [0.15, 0.2) is 17.5 Å². The molecule has 1 aromatic carbocycles. The zero-order valence-electron chi connectivity index (χ0n) is 13.8. The van der Waals surface area contributed by atoms with Crippen molar-refractivity contribution < 1.29 is 22.8 Å². The van der Waals surface area contributed by atoms with Gasteiger partial charge in [-0.3, -0.25) is 9.59 Å². The van der Waals surface area contributed by atoms with E-state index in [4.69, 9.17) is 0 Å².